The summed E-state index contributed by atoms with van der Waals surface area (Å²) in [6.45, 7) is 3.02. The van der Waals surface area contributed by atoms with Crippen LogP contribution in [-0.4, -0.2) is 69.9 Å². The van der Waals surface area contributed by atoms with Crippen molar-refractivity contribution < 1.29 is 38.4 Å². The highest BCUT2D eigenvalue weighted by Crippen LogP contribution is 2.45. The molecule has 2 aromatic rings. The summed E-state index contributed by atoms with van der Waals surface area (Å²) < 4.78 is 27.2. The second-order valence-corrected chi connectivity index (χ2v) is 8.17. The highest BCUT2D eigenvalue weighted by molar-refractivity contribution is 6.46. The van der Waals surface area contributed by atoms with Crippen LogP contribution in [0.2, 0.25) is 0 Å². The van der Waals surface area contributed by atoms with Crippen LogP contribution in [0.25, 0.3) is 5.76 Å². The molecule has 0 saturated carbocycles. The standard InChI is InChI=1S/C27H33NO8/c1-6-7-13-36-19-10-8-17(9-11-19)24(29)22-23(28(12-14-32-2)27(31)25(22)30)18-15-20(33-3)26(35-5)21(16-18)34-4/h8-11,15-16,23,29H,6-7,12-14H2,1-5H3/b24-22+. The quantitative estimate of drug-likeness (QED) is 0.203. The number of hydrogen-bond acceptors (Lipinski definition) is 8. The lowest BCUT2D eigenvalue weighted by Gasteiger charge is -2.26. The SMILES string of the molecule is CCCCOc1ccc(/C(O)=C2\C(=O)C(=O)N(CCOC)C2c2cc(OC)c(OC)c(OC)c2)cc1. The molecule has 3 rings (SSSR count). The molecule has 36 heavy (non-hydrogen) atoms. The van der Waals surface area contributed by atoms with E-state index in [9.17, 15) is 14.7 Å². The van der Waals surface area contributed by atoms with Crippen LogP contribution in [0.1, 0.15) is 36.9 Å². The third-order valence-corrected chi connectivity index (χ3v) is 5.97. The van der Waals surface area contributed by atoms with Crippen molar-refractivity contribution in [3.8, 4) is 23.0 Å². The van der Waals surface area contributed by atoms with E-state index in [0.29, 0.717) is 40.7 Å². The number of carbonyl (C=O) groups excluding carboxylic acids is 2. The van der Waals surface area contributed by atoms with E-state index in [1.807, 2.05) is 0 Å². The van der Waals surface area contributed by atoms with E-state index in [2.05, 4.69) is 6.92 Å². The third-order valence-electron chi connectivity index (χ3n) is 5.97. The molecule has 0 aliphatic carbocycles. The molecule has 1 fully saturated rings. The number of rotatable bonds is 12. The monoisotopic (exact) mass is 499 g/mol. The van der Waals surface area contributed by atoms with Crippen LogP contribution in [-0.2, 0) is 14.3 Å². The molecular formula is C27H33NO8. The lowest BCUT2D eigenvalue weighted by atomic mass is 9.94. The number of Topliss-reactive ketones (excluding diaryl/α,β-unsaturated/α-hetero) is 1. The highest BCUT2D eigenvalue weighted by atomic mass is 16.5. The molecule has 1 unspecified atom stereocenters. The first kappa shape index (κ1) is 26.9. The van der Waals surface area contributed by atoms with Gasteiger partial charge < -0.3 is 33.7 Å². The molecule has 194 valence electrons. The topological polar surface area (TPSA) is 104 Å². The molecule has 0 bridgehead atoms. The van der Waals surface area contributed by atoms with Crippen molar-refractivity contribution in [1.82, 2.24) is 4.90 Å². The number of aliphatic hydroxyl groups is 1. The number of carbonyl (C=O) groups is 2. The van der Waals surface area contributed by atoms with Gasteiger partial charge in [-0.2, -0.15) is 0 Å². The Bertz CT molecular complexity index is 1080. The largest absolute Gasteiger partial charge is 0.507 e. The van der Waals surface area contributed by atoms with E-state index in [1.54, 1.807) is 36.4 Å². The Kier molecular flexibility index (Phi) is 9.19. The Labute approximate surface area is 211 Å². The van der Waals surface area contributed by atoms with E-state index in [-0.39, 0.29) is 24.5 Å². The maximum Gasteiger partial charge on any atom is 0.295 e. The van der Waals surface area contributed by atoms with Crippen LogP contribution < -0.4 is 18.9 Å². The number of unbranched alkanes of at least 4 members (excludes halogenated alkanes) is 1. The Morgan fingerprint density at radius 3 is 2.11 bits per heavy atom. The predicted octanol–water partition coefficient (Wildman–Crippen LogP) is 3.96. The van der Waals surface area contributed by atoms with Gasteiger partial charge in [-0.25, -0.2) is 0 Å². The highest BCUT2D eigenvalue weighted by Gasteiger charge is 2.46. The number of methoxy groups -OCH3 is 4. The number of ketones is 1. The van der Waals surface area contributed by atoms with Crippen LogP contribution in [0.5, 0.6) is 23.0 Å². The van der Waals surface area contributed by atoms with E-state index >= 15 is 0 Å². The molecular weight excluding hydrogens is 466 g/mol. The van der Waals surface area contributed by atoms with Gasteiger partial charge in [0.25, 0.3) is 11.7 Å². The Balaban J connectivity index is 2.13. The molecule has 1 heterocycles. The van der Waals surface area contributed by atoms with E-state index in [4.69, 9.17) is 23.7 Å². The van der Waals surface area contributed by atoms with Crippen LogP contribution in [0.15, 0.2) is 42.0 Å². The van der Waals surface area contributed by atoms with Gasteiger partial charge in [-0.3, -0.25) is 9.59 Å². The van der Waals surface area contributed by atoms with E-state index < -0.39 is 17.7 Å². The summed E-state index contributed by atoms with van der Waals surface area (Å²) in [7, 11) is 5.95. The van der Waals surface area contributed by atoms with Crippen molar-refractivity contribution in [3.05, 3.63) is 53.1 Å². The van der Waals surface area contributed by atoms with Gasteiger partial charge >= 0.3 is 0 Å². The van der Waals surface area contributed by atoms with Crippen LogP contribution in [0.3, 0.4) is 0 Å². The van der Waals surface area contributed by atoms with Crippen LogP contribution in [0.4, 0.5) is 0 Å². The van der Waals surface area contributed by atoms with Gasteiger partial charge in [-0.1, -0.05) is 13.3 Å². The molecule has 1 atom stereocenters. The van der Waals surface area contributed by atoms with Crippen molar-refractivity contribution in [3.63, 3.8) is 0 Å². The van der Waals surface area contributed by atoms with Crippen molar-refractivity contribution in [1.29, 1.82) is 0 Å². The van der Waals surface area contributed by atoms with Gasteiger partial charge in [0.15, 0.2) is 11.5 Å². The normalized spacial score (nSPS) is 16.8. The number of benzene rings is 2. The summed E-state index contributed by atoms with van der Waals surface area (Å²) in [5.74, 6) is -0.0573. The average Bonchev–Trinajstić information content (AvgIpc) is 3.15. The van der Waals surface area contributed by atoms with E-state index in [0.717, 1.165) is 12.8 Å². The Morgan fingerprint density at radius 2 is 1.58 bits per heavy atom. The average molecular weight is 500 g/mol. The number of ether oxygens (including phenoxy) is 5. The zero-order valence-corrected chi connectivity index (χ0v) is 21.3. The van der Waals surface area contributed by atoms with Crippen LogP contribution in [0, 0.1) is 0 Å². The summed E-state index contributed by atoms with van der Waals surface area (Å²) in [5.41, 5.74) is 0.867. The predicted molar refractivity (Wildman–Crippen MR) is 134 cm³/mol. The van der Waals surface area contributed by atoms with Crippen molar-refractivity contribution in [2.75, 3.05) is 48.2 Å². The van der Waals surface area contributed by atoms with E-state index in [1.165, 1.54) is 33.3 Å². The summed E-state index contributed by atoms with van der Waals surface area (Å²) in [5, 5.41) is 11.3. The first-order chi connectivity index (χ1) is 17.4. The number of hydrogen-bond donors (Lipinski definition) is 1. The number of aliphatic hydroxyl groups excluding tert-OH is 1. The second-order valence-electron chi connectivity index (χ2n) is 8.17. The number of amides is 1. The zero-order valence-electron chi connectivity index (χ0n) is 21.3. The van der Waals surface area contributed by atoms with Gasteiger partial charge in [-0.15, -0.1) is 0 Å². The van der Waals surface area contributed by atoms with Gasteiger partial charge in [-0.05, 0) is 48.4 Å². The molecule has 0 spiro atoms. The van der Waals surface area contributed by atoms with Crippen LogP contribution >= 0.6 is 0 Å². The minimum atomic E-state index is -0.894. The molecule has 0 radical (unpaired) electrons. The maximum absolute atomic E-state index is 13.2. The first-order valence-electron chi connectivity index (χ1n) is 11.7. The molecule has 1 amide bonds. The third kappa shape index (κ3) is 5.41. The van der Waals surface area contributed by atoms with Gasteiger partial charge in [0.05, 0.1) is 46.2 Å². The van der Waals surface area contributed by atoms with Crippen molar-refractivity contribution >= 4 is 17.4 Å². The summed E-state index contributed by atoms with van der Waals surface area (Å²) in [6, 6.07) is 9.19. The van der Waals surface area contributed by atoms with Gasteiger partial charge in [0, 0.05) is 19.2 Å². The minimum absolute atomic E-state index is 0.0370. The fraction of sp³-hybridized carbons (Fsp3) is 0.407. The van der Waals surface area contributed by atoms with Gasteiger partial charge in [0.1, 0.15) is 11.5 Å². The van der Waals surface area contributed by atoms with Crippen molar-refractivity contribution in [2.24, 2.45) is 0 Å². The maximum atomic E-state index is 13.2. The number of likely N-dealkylation sites (tertiary alicyclic amines) is 1. The van der Waals surface area contributed by atoms with Gasteiger partial charge in [0.2, 0.25) is 5.75 Å². The Hall–Kier alpha value is -3.72. The molecule has 0 aromatic heterocycles. The molecule has 1 aliphatic rings. The Morgan fingerprint density at radius 1 is 0.944 bits per heavy atom. The fourth-order valence-corrected chi connectivity index (χ4v) is 4.10. The first-order valence-corrected chi connectivity index (χ1v) is 11.7. The summed E-state index contributed by atoms with van der Waals surface area (Å²) in [4.78, 5) is 27.6. The molecule has 9 nitrogen and oxygen atoms in total. The number of nitrogens with zero attached hydrogens (tertiary/aromatic N) is 1. The summed E-state index contributed by atoms with van der Waals surface area (Å²) in [6.07, 6.45) is 1.95. The molecule has 1 saturated heterocycles. The fourth-order valence-electron chi connectivity index (χ4n) is 4.10. The molecule has 2 aromatic carbocycles. The summed E-state index contributed by atoms with van der Waals surface area (Å²) >= 11 is 0. The second kappa shape index (κ2) is 12.3. The lowest BCUT2D eigenvalue weighted by Crippen LogP contribution is -2.32. The molecule has 1 aliphatic heterocycles. The molecule has 9 heteroatoms. The van der Waals surface area contributed by atoms with Crippen molar-refractivity contribution in [2.45, 2.75) is 25.8 Å². The minimum Gasteiger partial charge on any atom is -0.507 e. The smallest absolute Gasteiger partial charge is 0.295 e. The lowest BCUT2D eigenvalue weighted by molar-refractivity contribution is -0.140. The molecule has 1 N–H and O–H groups in total. The zero-order chi connectivity index (χ0) is 26.2.